The molecule has 9 heteroatoms. The largest absolute Gasteiger partial charge is 0.416 e. The van der Waals surface area contributed by atoms with Crippen LogP contribution in [0.3, 0.4) is 0 Å². The summed E-state index contributed by atoms with van der Waals surface area (Å²) in [7, 11) is 0. The normalized spacial score (nSPS) is 15.8. The second-order valence-electron chi connectivity index (χ2n) is 6.36. The van der Waals surface area contributed by atoms with Gasteiger partial charge in [-0.05, 0) is 31.0 Å². The first-order valence-electron chi connectivity index (χ1n) is 8.40. The molecular weight excluding hydrogens is 352 g/mol. The number of benzene rings is 1. The molecule has 1 N–H and O–H groups in total. The third kappa shape index (κ3) is 4.20. The van der Waals surface area contributed by atoms with Gasteiger partial charge in [0.25, 0.3) is 5.91 Å². The first kappa shape index (κ1) is 18.3. The van der Waals surface area contributed by atoms with Crippen molar-refractivity contribution in [2.75, 3.05) is 0 Å². The van der Waals surface area contributed by atoms with E-state index in [1.807, 2.05) is 0 Å². The Kier molecular flexibility index (Phi) is 5.24. The van der Waals surface area contributed by atoms with Crippen LogP contribution < -0.4 is 5.32 Å². The predicted octanol–water partition coefficient (Wildman–Crippen LogP) is 3.87. The molecule has 26 heavy (non-hydrogen) atoms. The number of carbonyl (C=O) groups excluding carboxylic acids is 1. The van der Waals surface area contributed by atoms with E-state index in [2.05, 4.69) is 15.6 Å². The van der Waals surface area contributed by atoms with E-state index in [1.54, 1.807) is 4.68 Å². The Bertz CT molecular complexity index is 781. The number of aromatic nitrogens is 3. The fourth-order valence-corrected chi connectivity index (χ4v) is 3.06. The van der Waals surface area contributed by atoms with Gasteiger partial charge in [-0.2, -0.15) is 13.2 Å². The molecule has 0 spiro atoms. The molecule has 0 unspecified atom stereocenters. The lowest BCUT2D eigenvalue weighted by atomic mass is 9.96. The fraction of sp³-hybridized carbons (Fsp3) is 0.471. The summed E-state index contributed by atoms with van der Waals surface area (Å²) >= 11 is 0. The van der Waals surface area contributed by atoms with E-state index in [-0.39, 0.29) is 23.8 Å². The van der Waals surface area contributed by atoms with Crippen LogP contribution in [0.5, 0.6) is 0 Å². The first-order valence-corrected chi connectivity index (χ1v) is 8.40. The Hall–Kier alpha value is -2.45. The second kappa shape index (κ2) is 7.43. The predicted molar refractivity (Wildman–Crippen MR) is 84.7 cm³/mol. The van der Waals surface area contributed by atoms with Crippen LogP contribution in [0.4, 0.5) is 17.6 Å². The van der Waals surface area contributed by atoms with E-state index in [0.717, 1.165) is 31.7 Å². The van der Waals surface area contributed by atoms with E-state index in [9.17, 15) is 22.4 Å². The van der Waals surface area contributed by atoms with Crippen molar-refractivity contribution in [2.24, 2.45) is 0 Å². The van der Waals surface area contributed by atoms with Gasteiger partial charge in [-0.3, -0.25) is 4.79 Å². The van der Waals surface area contributed by atoms with Crippen molar-refractivity contribution in [1.82, 2.24) is 20.3 Å². The summed E-state index contributed by atoms with van der Waals surface area (Å²) in [6.07, 6.45) is 2.27. The quantitative estimate of drug-likeness (QED) is 0.831. The Morgan fingerprint density at radius 1 is 1.23 bits per heavy atom. The van der Waals surface area contributed by atoms with Gasteiger partial charge in [-0.25, -0.2) is 9.07 Å². The number of amides is 1. The molecule has 1 fully saturated rings. The van der Waals surface area contributed by atoms with Gasteiger partial charge < -0.3 is 5.32 Å². The van der Waals surface area contributed by atoms with E-state index < -0.39 is 23.5 Å². The van der Waals surface area contributed by atoms with Crippen LogP contribution >= 0.6 is 0 Å². The monoisotopic (exact) mass is 370 g/mol. The number of hydrogen-bond acceptors (Lipinski definition) is 3. The third-order valence-electron chi connectivity index (χ3n) is 4.50. The number of nitrogens with one attached hydrogen (secondary N) is 1. The highest BCUT2D eigenvalue weighted by atomic mass is 19.4. The molecule has 1 heterocycles. The van der Waals surface area contributed by atoms with Gasteiger partial charge in [-0.15, -0.1) is 5.10 Å². The van der Waals surface area contributed by atoms with Gasteiger partial charge in [0.1, 0.15) is 5.82 Å². The minimum Gasteiger partial charge on any atom is -0.346 e. The number of carbonyl (C=O) groups is 1. The maximum Gasteiger partial charge on any atom is 0.416 e. The molecule has 1 aliphatic rings. The van der Waals surface area contributed by atoms with Crippen LogP contribution in [0.1, 0.15) is 59.8 Å². The molecule has 0 atom stereocenters. The van der Waals surface area contributed by atoms with Gasteiger partial charge in [0.05, 0.1) is 17.8 Å². The minimum atomic E-state index is -4.57. The molecule has 1 aliphatic carbocycles. The minimum absolute atomic E-state index is 0.0583. The summed E-state index contributed by atoms with van der Waals surface area (Å²) in [6, 6.07) is 2.30. The Balaban J connectivity index is 1.65. The fourth-order valence-electron chi connectivity index (χ4n) is 3.06. The molecule has 1 aromatic carbocycles. The maximum atomic E-state index is 13.7. The van der Waals surface area contributed by atoms with Gasteiger partial charge in [0.15, 0.2) is 5.69 Å². The van der Waals surface area contributed by atoms with Crippen LogP contribution in [0.15, 0.2) is 24.4 Å². The van der Waals surface area contributed by atoms with Crippen molar-refractivity contribution < 1.29 is 22.4 Å². The highest BCUT2D eigenvalue weighted by molar-refractivity contribution is 5.91. The highest BCUT2D eigenvalue weighted by Gasteiger charge is 2.31. The molecule has 0 bridgehead atoms. The standard InChI is InChI=1S/C17H18F4N4O/c18-14-7-6-12(17(19,20)21)8-11(14)9-22-16(26)15-10-25(24-23-15)13-4-2-1-3-5-13/h6-8,10,13H,1-5,9H2,(H,22,26). The second-order valence-corrected chi connectivity index (χ2v) is 6.36. The molecule has 5 nitrogen and oxygen atoms in total. The smallest absolute Gasteiger partial charge is 0.346 e. The molecule has 1 saturated carbocycles. The number of halogens is 4. The zero-order valence-corrected chi connectivity index (χ0v) is 13.9. The third-order valence-corrected chi connectivity index (χ3v) is 4.50. The molecule has 1 aromatic heterocycles. The summed E-state index contributed by atoms with van der Waals surface area (Å²) in [5.41, 5.74) is -1.15. The van der Waals surface area contributed by atoms with Crippen molar-refractivity contribution in [3.8, 4) is 0 Å². The molecule has 3 rings (SSSR count). The van der Waals surface area contributed by atoms with Crippen molar-refractivity contribution >= 4 is 5.91 Å². The molecule has 0 radical (unpaired) electrons. The number of nitrogens with zero attached hydrogens (tertiary/aromatic N) is 3. The van der Waals surface area contributed by atoms with Gasteiger partial charge in [0, 0.05) is 12.1 Å². The zero-order valence-electron chi connectivity index (χ0n) is 13.9. The number of hydrogen-bond donors (Lipinski definition) is 1. The van der Waals surface area contributed by atoms with Crippen LogP contribution in [0.2, 0.25) is 0 Å². The Labute approximate surface area is 147 Å². The molecule has 140 valence electrons. The summed E-state index contributed by atoms with van der Waals surface area (Å²) in [4.78, 5) is 12.1. The average Bonchev–Trinajstić information content (AvgIpc) is 3.11. The Morgan fingerprint density at radius 2 is 1.96 bits per heavy atom. The molecule has 2 aromatic rings. The van der Waals surface area contributed by atoms with Crippen molar-refractivity contribution in [2.45, 2.75) is 50.9 Å². The SMILES string of the molecule is O=C(NCc1cc(C(F)(F)F)ccc1F)c1cn(C2CCCCC2)nn1. The summed E-state index contributed by atoms with van der Waals surface area (Å²) in [6.45, 7) is -0.370. The van der Waals surface area contributed by atoms with Crippen LogP contribution in [-0.4, -0.2) is 20.9 Å². The number of alkyl halides is 3. The lowest BCUT2D eigenvalue weighted by Gasteiger charge is -2.20. The van der Waals surface area contributed by atoms with Crippen molar-refractivity contribution in [3.63, 3.8) is 0 Å². The van der Waals surface area contributed by atoms with Crippen LogP contribution in [-0.2, 0) is 12.7 Å². The van der Waals surface area contributed by atoms with Crippen LogP contribution in [0, 0.1) is 5.82 Å². The van der Waals surface area contributed by atoms with Gasteiger partial charge in [-0.1, -0.05) is 24.5 Å². The number of rotatable bonds is 4. The van der Waals surface area contributed by atoms with E-state index in [1.165, 1.54) is 12.6 Å². The van der Waals surface area contributed by atoms with Crippen molar-refractivity contribution in [1.29, 1.82) is 0 Å². The molecule has 0 aliphatic heterocycles. The maximum absolute atomic E-state index is 13.7. The lowest BCUT2D eigenvalue weighted by molar-refractivity contribution is -0.137. The highest BCUT2D eigenvalue weighted by Crippen LogP contribution is 2.30. The van der Waals surface area contributed by atoms with Gasteiger partial charge in [0.2, 0.25) is 0 Å². The van der Waals surface area contributed by atoms with E-state index in [0.29, 0.717) is 12.1 Å². The summed E-state index contributed by atoms with van der Waals surface area (Å²) in [5.74, 6) is -1.42. The zero-order chi connectivity index (χ0) is 18.7. The molecule has 0 saturated heterocycles. The summed E-state index contributed by atoms with van der Waals surface area (Å²) in [5, 5.41) is 10.2. The first-order chi connectivity index (χ1) is 12.3. The van der Waals surface area contributed by atoms with Crippen LogP contribution in [0.25, 0.3) is 0 Å². The topological polar surface area (TPSA) is 59.8 Å². The van der Waals surface area contributed by atoms with E-state index >= 15 is 0 Å². The van der Waals surface area contributed by atoms with Gasteiger partial charge >= 0.3 is 6.18 Å². The van der Waals surface area contributed by atoms with E-state index in [4.69, 9.17) is 0 Å². The van der Waals surface area contributed by atoms with Crippen molar-refractivity contribution in [3.05, 3.63) is 47.0 Å². The molecule has 1 amide bonds. The average molecular weight is 370 g/mol. The Morgan fingerprint density at radius 3 is 2.65 bits per heavy atom. The molecular formula is C17H18F4N4O. The lowest BCUT2D eigenvalue weighted by Crippen LogP contribution is -2.24. The summed E-state index contributed by atoms with van der Waals surface area (Å²) < 4.78 is 53.5.